The second kappa shape index (κ2) is 9.32. The molecule has 0 amide bonds. The Kier molecular flexibility index (Phi) is 5.76. The number of anilines is 1. The lowest BCUT2D eigenvalue weighted by molar-refractivity contribution is 0.990. The Morgan fingerprint density at radius 2 is 1.38 bits per heavy atom. The standard InChI is InChI=1S/C30H24N2/c1-4-10-23(11-5-1)16-18-29(25-14-8-3-9-15-25)32-26-17-19-30-28(22-26)27(20-21-31-30)24-12-6-2-7-13-24/h1-22,29,32H/b18-16+. The maximum Gasteiger partial charge on any atom is 0.0709 e. The fourth-order valence-corrected chi connectivity index (χ4v) is 3.96. The molecule has 1 unspecified atom stereocenters. The van der Waals surface area contributed by atoms with Gasteiger partial charge < -0.3 is 5.32 Å². The molecule has 0 bridgehead atoms. The van der Waals surface area contributed by atoms with Crippen LogP contribution >= 0.6 is 0 Å². The number of fused-ring (bicyclic) bond motifs is 1. The van der Waals surface area contributed by atoms with Crippen molar-refractivity contribution in [1.82, 2.24) is 4.98 Å². The first-order valence-corrected chi connectivity index (χ1v) is 10.9. The van der Waals surface area contributed by atoms with E-state index >= 15 is 0 Å². The molecule has 0 saturated carbocycles. The minimum atomic E-state index is 0.0469. The number of benzene rings is 4. The van der Waals surface area contributed by atoms with Crippen LogP contribution in [0.2, 0.25) is 0 Å². The number of hydrogen-bond donors (Lipinski definition) is 1. The Hall–Kier alpha value is -4.17. The van der Waals surface area contributed by atoms with E-state index in [-0.39, 0.29) is 6.04 Å². The van der Waals surface area contributed by atoms with Crippen LogP contribution in [0.1, 0.15) is 17.2 Å². The van der Waals surface area contributed by atoms with Crippen molar-refractivity contribution >= 4 is 22.7 Å². The summed E-state index contributed by atoms with van der Waals surface area (Å²) in [6.07, 6.45) is 6.27. The van der Waals surface area contributed by atoms with Crippen LogP contribution in [-0.4, -0.2) is 4.98 Å². The van der Waals surface area contributed by atoms with E-state index in [0.717, 1.165) is 16.6 Å². The number of nitrogens with one attached hydrogen (secondary N) is 1. The Morgan fingerprint density at radius 3 is 2.12 bits per heavy atom. The first-order valence-electron chi connectivity index (χ1n) is 10.9. The lowest BCUT2D eigenvalue weighted by atomic mass is 10.0. The average molecular weight is 413 g/mol. The zero-order valence-corrected chi connectivity index (χ0v) is 17.7. The number of pyridine rings is 1. The third kappa shape index (κ3) is 4.45. The molecule has 1 atom stereocenters. The monoisotopic (exact) mass is 412 g/mol. The summed E-state index contributed by atoms with van der Waals surface area (Å²) >= 11 is 0. The van der Waals surface area contributed by atoms with Gasteiger partial charge in [-0.05, 0) is 46.5 Å². The van der Waals surface area contributed by atoms with E-state index in [9.17, 15) is 0 Å². The molecule has 154 valence electrons. The van der Waals surface area contributed by atoms with Crippen molar-refractivity contribution in [2.75, 3.05) is 5.32 Å². The molecule has 5 rings (SSSR count). The first-order chi connectivity index (χ1) is 15.9. The number of hydrogen-bond acceptors (Lipinski definition) is 2. The van der Waals surface area contributed by atoms with Gasteiger partial charge in [-0.1, -0.05) is 103 Å². The van der Waals surface area contributed by atoms with Crippen LogP contribution in [-0.2, 0) is 0 Å². The molecule has 0 saturated heterocycles. The van der Waals surface area contributed by atoms with Gasteiger partial charge in [-0.3, -0.25) is 4.98 Å². The minimum Gasteiger partial charge on any atom is -0.375 e. The van der Waals surface area contributed by atoms with Crippen molar-refractivity contribution in [3.63, 3.8) is 0 Å². The van der Waals surface area contributed by atoms with Gasteiger partial charge in [0.05, 0.1) is 11.6 Å². The third-order valence-electron chi connectivity index (χ3n) is 5.59. The summed E-state index contributed by atoms with van der Waals surface area (Å²) in [4.78, 5) is 4.58. The van der Waals surface area contributed by atoms with Crippen LogP contribution in [0.4, 0.5) is 5.69 Å². The van der Waals surface area contributed by atoms with Gasteiger partial charge in [0, 0.05) is 17.3 Å². The Bertz CT molecular complexity index is 1330. The Labute approximate surface area is 188 Å². The van der Waals surface area contributed by atoms with Crippen LogP contribution in [0.3, 0.4) is 0 Å². The zero-order valence-electron chi connectivity index (χ0n) is 17.7. The Morgan fingerprint density at radius 1 is 0.688 bits per heavy atom. The molecular formula is C30H24N2. The maximum absolute atomic E-state index is 4.58. The van der Waals surface area contributed by atoms with E-state index in [1.165, 1.54) is 22.3 Å². The predicted molar refractivity (Wildman–Crippen MR) is 135 cm³/mol. The van der Waals surface area contributed by atoms with Gasteiger partial charge >= 0.3 is 0 Å². The first kappa shape index (κ1) is 19.8. The highest BCUT2D eigenvalue weighted by atomic mass is 14.9. The molecule has 0 aliphatic carbocycles. The normalized spacial score (nSPS) is 12.1. The van der Waals surface area contributed by atoms with Gasteiger partial charge in [-0.25, -0.2) is 0 Å². The predicted octanol–water partition coefficient (Wildman–Crippen LogP) is 7.77. The highest BCUT2D eigenvalue weighted by molar-refractivity contribution is 5.96. The van der Waals surface area contributed by atoms with Crippen LogP contribution < -0.4 is 5.32 Å². The molecule has 0 aliphatic rings. The Balaban J connectivity index is 1.52. The average Bonchev–Trinajstić information content (AvgIpc) is 2.88. The van der Waals surface area contributed by atoms with E-state index < -0.39 is 0 Å². The second-order valence-electron chi connectivity index (χ2n) is 7.76. The highest BCUT2D eigenvalue weighted by Crippen LogP contribution is 2.31. The number of rotatable bonds is 6. The van der Waals surface area contributed by atoms with Crippen LogP contribution in [0.25, 0.3) is 28.1 Å². The van der Waals surface area contributed by atoms with Crippen LogP contribution in [0.15, 0.2) is 128 Å². The lowest BCUT2D eigenvalue weighted by Gasteiger charge is -2.18. The largest absolute Gasteiger partial charge is 0.375 e. The van der Waals surface area contributed by atoms with Crippen molar-refractivity contribution in [3.05, 3.63) is 139 Å². The maximum atomic E-state index is 4.58. The summed E-state index contributed by atoms with van der Waals surface area (Å²) in [5, 5.41) is 4.86. The van der Waals surface area contributed by atoms with E-state index in [2.05, 4.69) is 126 Å². The summed E-state index contributed by atoms with van der Waals surface area (Å²) < 4.78 is 0. The lowest BCUT2D eigenvalue weighted by Crippen LogP contribution is -2.08. The van der Waals surface area contributed by atoms with Gasteiger partial charge in [-0.15, -0.1) is 0 Å². The molecule has 1 heterocycles. The van der Waals surface area contributed by atoms with Gasteiger partial charge in [0.25, 0.3) is 0 Å². The fraction of sp³-hybridized carbons (Fsp3) is 0.0333. The van der Waals surface area contributed by atoms with Gasteiger partial charge in [0.1, 0.15) is 0 Å². The second-order valence-corrected chi connectivity index (χ2v) is 7.76. The minimum absolute atomic E-state index is 0.0469. The highest BCUT2D eigenvalue weighted by Gasteiger charge is 2.10. The van der Waals surface area contributed by atoms with Gasteiger partial charge in [0.15, 0.2) is 0 Å². The summed E-state index contributed by atoms with van der Waals surface area (Å²) in [6, 6.07) is 39.9. The molecule has 0 aliphatic heterocycles. The molecular weight excluding hydrogens is 388 g/mol. The van der Waals surface area contributed by atoms with Gasteiger partial charge in [-0.2, -0.15) is 0 Å². The molecule has 0 radical (unpaired) electrons. The van der Waals surface area contributed by atoms with Crippen LogP contribution in [0.5, 0.6) is 0 Å². The zero-order chi connectivity index (χ0) is 21.6. The SMILES string of the molecule is C(=C\C(Nc1ccc2nccc(-c3ccccc3)c2c1)c1ccccc1)/c1ccccc1. The molecule has 2 nitrogen and oxygen atoms in total. The van der Waals surface area contributed by atoms with Crippen molar-refractivity contribution in [3.8, 4) is 11.1 Å². The van der Waals surface area contributed by atoms with E-state index in [1.54, 1.807) is 0 Å². The van der Waals surface area contributed by atoms with Crippen molar-refractivity contribution in [2.24, 2.45) is 0 Å². The fourth-order valence-electron chi connectivity index (χ4n) is 3.96. The van der Waals surface area contributed by atoms with Crippen molar-refractivity contribution < 1.29 is 0 Å². The van der Waals surface area contributed by atoms with Gasteiger partial charge in [0.2, 0.25) is 0 Å². The molecule has 4 aromatic carbocycles. The summed E-state index contributed by atoms with van der Waals surface area (Å²) in [6.45, 7) is 0. The molecule has 1 N–H and O–H groups in total. The molecule has 2 heteroatoms. The topological polar surface area (TPSA) is 24.9 Å². The molecule has 1 aromatic heterocycles. The van der Waals surface area contributed by atoms with E-state index in [4.69, 9.17) is 0 Å². The number of aromatic nitrogens is 1. The molecule has 5 aromatic rings. The van der Waals surface area contributed by atoms with Crippen molar-refractivity contribution in [2.45, 2.75) is 6.04 Å². The molecule has 0 fully saturated rings. The summed E-state index contributed by atoms with van der Waals surface area (Å²) in [5.74, 6) is 0. The smallest absolute Gasteiger partial charge is 0.0709 e. The number of nitrogens with zero attached hydrogens (tertiary/aromatic N) is 1. The summed E-state index contributed by atoms with van der Waals surface area (Å²) in [7, 11) is 0. The van der Waals surface area contributed by atoms with Crippen LogP contribution in [0, 0.1) is 0 Å². The molecule has 32 heavy (non-hydrogen) atoms. The van der Waals surface area contributed by atoms with E-state index in [1.807, 2.05) is 18.3 Å². The van der Waals surface area contributed by atoms with Crippen molar-refractivity contribution in [1.29, 1.82) is 0 Å². The summed E-state index contributed by atoms with van der Waals surface area (Å²) in [5.41, 5.74) is 6.84. The molecule has 0 spiro atoms. The van der Waals surface area contributed by atoms with E-state index in [0.29, 0.717) is 0 Å². The quantitative estimate of drug-likeness (QED) is 0.308. The third-order valence-corrected chi connectivity index (χ3v) is 5.59.